The molecule has 1 aromatic heterocycles. The molecule has 55 heavy (non-hydrogen) atoms. The quantitative estimate of drug-likeness (QED) is 0.120. The summed E-state index contributed by atoms with van der Waals surface area (Å²) in [4.78, 5) is 35.3. The Morgan fingerprint density at radius 1 is 0.800 bits per heavy atom. The number of methoxy groups -OCH3 is 2. The van der Waals surface area contributed by atoms with Gasteiger partial charge in [-0.25, -0.2) is 9.78 Å². The van der Waals surface area contributed by atoms with Crippen molar-refractivity contribution in [1.82, 2.24) is 14.8 Å². The monoisotopic (exact) mass is 764 g/mol. The molecule has 13 heteroatoms. The molecule has 0 aliphatic carbocycles. The van der Waals surface area contributed by atoms with Crippen molar-refractivity contribution in [3.05, 3.63) is 96.2 Å². The molecular formula is C42H49N6O6P. The third-order valence-electron chi connectivity index (χ3n) is 9.55. The van der Waals surface area contributed by atoms with Crippen LogP contribution in [0.1, 0.15) is 36.7 Å². The van der Waals surface area contributed by atoms with E-state index in [1.165, 1.54) is 7.11 Å². The van der Waals surface area contributed by atoms with Crippen LogP contribution >= 0.6 is 7.14 Å². The largest absolute Gasteiger partial charge is 0.496 e. The van der Waals surface area contributed by atoms with Crippen molar-refractivity contribution < 1.29 is 28.4 Å². The number of anilines is 4. The van der Waals surface area contributed by atoms with Crippen molar-refractivity contribution in [2.45, 2.75) is 26.2 Å². The van der Waals surface area contributed by atoms with Gasteiger partial charge in [0.05, 0.1) is 36.5 Å². The lowest BCUT2D eigenvalue weighted by Gasteiger charge is -2.32. The Labute approximate surface area is 322 Å². The number of amides is 3. The lowest BCUT2D eigenvalue weighted by molar-refractivity contribution is 0.0661. The van der Waals surface area contributed by atoms with E-state index < -0.39 is 13.2 Å². The average molecular weight is 765 g/mol. The van der Waals surface area contributed by atoms with Gasteiger partial charge in [-0.3, -0.25) is 4.79 Å². The number of carbonyl (C=O) groups is 2. The van der Waals surface area contributed by atoms with Gasteiger partial charge in [-0.15, -0.1) is 0 Å². The van der Waals surface area contributed by atoms with Crippen molar-refractivity contribution in [2.24, 2.45) is 0 Å². The molecule has 0 radical (unpaired) electrons. The molecule has 1 aliphatic heterocycles. The van der Waals surface area contributed by atoms with E-state index in [0.717, 1.165) is 29.4 Å². The molecular weight excluding hydrogens is 715 g/mol. The number of pyridine rings is 1. The third kappa shape index (κ3) is 9.04. The van der Waals surface area contributed by atoms with Gasteiger partial charge in [0.15, 0.2) is 5.75 Å². The number of nitrogens with one attached hydrogen (secondary N) is 3. The SMILES string of the molecule is COc1cc(Nc2cc(Oc3ccc(NC(=O)Nc4cc(C(C)(C)C)cc(P(C)(C)=O)c4OC)c4ccccc34)ccn2)ccc1C(=O)N1CCN(C)CC1. The molecule has 0 spiro atoms. The zero-order valence-corrected chi connectivity index (χ0v) is 33.5. The fourth-order valence-electron chi connectivity index (χ4n) is 6.44. The van der Waals surface area contributed by atoms with Crippen molar-refractivity contribution in [1.29, 1.82) is 0 Å². The molecule has 0 saturated carbocycles. The van der Waals surface area contributed by atoms with Crippen LogP contribution in [-0.4, -0.2) is 87.5 Å². The first-order valence-corrected chi connectivity index (χ1v) is 20.7. The van der Waals surface area contributed by atoms with E-state index in [9.17, 15) is 14.2 Å². The average Bonchev–Trinajstić information content (AvgIpc) is 3.15. The molecule has 0 atom stereocenters. The van der Waals surface area contributed by atoms with Gasteiger partial charge in [-0.05, 0) is 73.8 Å². The Bertz CT molecular complexity index is 2280. The van der Waals surface area contributed by atoms with Gasteiger partial charge in [0.1, 0.15) is 30.2 Å². The number of hydrogen-bond donors (Lipinski definition) is 3. The molecule has 3 N–H and O–H groups in total. The van der Waals surface area contributed by atoms with Crippen LogP contribution in [0, 0.1) is 0 Å². The number of rotatable bonds is 10. The number of likely N-dealkylation sites (N-methyl/N-ethyl adjacent to an activating group) is 1. The number of fused-ring (bicyclic) bond motifs is 1. The zero-order chi connectivity index (χ0) is 39.5. The van der Waals surface area contributed by atoms with Gasteiger partial charge in [-0.1, -0.05) is 45.0 Å². The Morgan fingerprint density at radius 3 is 2.18 bits per heavy atom. The van der Waals surface area contributed by atoms with Gasteiger partial charge >= 0.3 is 6.03 Å². The number of ether oxygens (including phenoxy) is 3. The molecule has 2 heterocycles. The third-order valence-corrected chi connectivity index (χ3v) is 11.0. The summed E-state index contributed by atoms with van der Waals surface area (Å²) in [6.45, 7) is 12.6. The smallest absolute Gasteiger partial charge is 0.323 e. The number of aromatic nitrogens is 1. The lowest BCUT2D eigenvalue weighted by atomic mass is 9.86. The first kappa shape index (κ1) is 39.1. The fraction of sp³-hybridized carbons (Fsp3) is 0.310. The van der Waals surface area contributed by atoms with Gasteiger partial charge in [0, 0.05) is 61.0 Å². The summed E-state index contributed by atoms with van der Waals surface area (Å²) in [5.41, 5.74) is 2.89. The summed E-state index contributed by atoms with van der Waals surface area (Å²) >= 11 is 0. The molecule has 1 aliphatic rings. The van der Waals surface area contributed by atoms with E-state index in [1.54, 1.807) is 63.0 Å². The molecule has 6 rings (SSSR count). The van der Waals surface area contributed by atoms with E-state index in [-0.39, 0.29) is 11.3 Å². The minimum absolute atomic E-state index is 0.0511. The zero-order valence-electron chi connectivity index (χ0n) is 32.6. The van der Waals surface area contributed by atoms with Crippen molar-refractivity contribution >= 4 is 58.0 Å². The lowest BCUT2D eigenvalue weighted by Crippen LogP contribution is -2.47. The van der Waals surface area contributed by atoms with Crippen molar-refractivity contribution in [3.8, 4) is 23.0 Å². The number of urea groups is 1. The first-order valence-electron chi connectivity index (χ1n) is 18.1. The van der Waals surface area contributed by atoms with Gasteiger partial charge in [0.2, 0.25) is 0 Å². The van der Waals surface area contributed by atoms with Gasteiger partial charge in [-0.2, -0.15) is 0 Å². The van der Waals surface area contributed by atoms with E-state index >= 15 is 0 Å². The molecule has 0 unspecified atom stereocenters. The predicted molar refractivity (Wildman–Crippen MR) is 221 cm³/mol. The van der Waals surface area contributed by atoms with Crippen LogP contribution in [0.2, 0.25) is 0 Å². The highest BCUT2D eigenvalue weighted by atomic mass is 31.2. The van der Waals surface area contributed by atoms with Gasteiger partial charge < -0.3 is 44.5 Å². The maximum Gasteiger partial charge on any atom is 0.323 e. The van der Waals surface area contributed by atoms with Crippen LogP contribution in [0.3, 0.4) is 0 Å². The standard InChI is InChI=1S/C42H49N6O6P/c1-42(2,3)27-23-34(39(53-6)37(24-27)55(7,8)51)46-41(50)45-33-15-16-35(31-12-10-9-11-30(31)33)54-29-17-18-43-38(26-29)44-28-13-14-32(36(25-28)52-5)40(49)48-21-19-47(4)20-22-48/h9-18,23-26H,19-22H2,1-8H3,(H,43,44)(H2,45,46,50). The van der Waals surface area contributed by atoms with Crippen molar-refractivity contribution in [3.63, 3.8) is 0 Å². The molecule has 5 aromatic rings. The highest BCUT2D eigenvalue weighted by Gasteiger charge is 2.27. The normalized spacial score (nSPS) is 13.6. The van der Waals surface area contributed by atoms with Crippen LogP contribution in [0.25, 0.3) is 10.8 Å². The summed E-state index contributed by atoms with van der Waals surface area (Å²) in [7, 11) is 2.37. The molecule has 1 saturated heterocycles. The molecule has 12 nitrogen and oxygen atoms in total. The predicted octanol–water partition coefficient (Wildman–Crippen LogP) is 8.37. The van der Waals surface area contributed by atoms with Crippen LogP contribution < -0.4 is 35.5 Å². The first-order chi connectivity index (χ1) is 26.1. The molecule has 0 bridgehead atoms. The fourth-order valence-corrected chi connectivity index (χ4v) is 7.59. The van der Waals surface area contributed by atoms with Crippen LogP contribution in [0.4, 0.5) is 27.7 Å². The number of nitrogens with zero attached hydrogens (tertiary/aromatic N) is 3. The van der Waals surface area contributed by atoms with E-state index in [0.29, 0.717) is 69.8 Å². The highest BCUT2D eigenvalue weighted by molar-refractivity contribution is 7.70. The summed E-state index contributed by atoms with van der Waals surface area (Å²) in [6.07, 6.45) is 1.65. The maximum atomic E-state index is 13.5. The summed E-state index contributed by atoms with van der Waals surface area (Å²) in [6, 6.07) is 23.5. The second-order valence-corrected chi connectivity index (χ2v) is 18.2. The Kier molecular flexibility index (Phi) is 11.4. The number of hydrogen-bond acceptors (Lipinski definition) is 9. The van der Waals surface area contributed by atoms with Gasteiger partial charge in [0.25, 0.3) is 5.91 Å². The summed E-state index contributed by atoms with van der Waals surface area (Å²) in [5.74, 6) is 2.46. The Balaban J connectivity index is 1.19. The minimum Gasteiger partial charge on any atom is -0.496 e. The topological polar surface area (TPSA) is 134 Å². The minimum atomic E-state index is -2.75. The number of benzene rings is 4. The van der Waals surface area contributed by atoms with Crippen LogP contribution in [-0.2, 0) is 9.98 Å². The van der Waals surface area contributed by atoms with E-state index in [4.69, 9.17) is 14.2 Å². The van der Waals surface area contributed by atoms with Crippen molar-refractivity contribution in [2.75, 3.05) is 76.7 Å². The number of carbonyl (C=O) groups excluding carboxylic acids is 2. The van der Waals surface area contributed by atoms with Crippen LogP contribution in [0.5, 0.6) is 23.0 Å². The summed E-state index contributed by atoms with van der Waals surface area (Å²) < 4.78 is 31.0. The molecule has 4 aromatic carbocycles. The van der Waals surface area contributed by atoms with Crippen LogP contribution in [0.15, 0.2) is 85.1 Å². The molecule has 3 amide bonds. The summed E-state index contributed by atoms with van der Waals surface area (Å²) in [5, 5.41) is 11.3. The molecule has 1 fully saturated rings. The molecule has 288 valence electrons. The van der Waals surface area contributed by atoms with E-state index in [2.05, 4.69) is 53.7 Å². The van der Waals surface area contributed by atoms with E-state index in [1.807, 2.05) is 47.4 Å². The number of piperazine rings is 1. The Hall–Kier alpha value is -5.58. The second kappa shape index (κ2) is 16.0. The Morgan fingerprint density at radius 2 is 1.51 bits per heavy atom. The maximum absolute atomic E-state index is 13.5. The second-order valence-electron chi connectivity index (χ2n) is 15.0. The highest BCUT2D eigenvalue weighted by Crippen LogP contribution is 2.44.